The third-order valence-electron chi connectivity index (χ3n) is 3.68. The fourth-order valence-electron chi connectivity index (χ4n) is 2.25. The van der Waals surface area contributed by atoms with Crippen molar-refractivity contribution in [1.29, 1.82) is 0 Å². The molecule has 2 aromatic carbocycles. The van der Waals surface area contributed by atoms with E-state index in [0.717, 1.165) is 0 Å². The Balaban J connectivity index is 2.42. The van der Waals surface area contributed by atoms with Gasteiger partial charge in [-0.05, 0) is 36.4 Å². The molecule has 0 aliphatic heterocycles. The summed E-state index contributed by atoms with van der Waals surface area (Å²) in [5, 5.41) is 5.15. The van der Waals surface area contributed by atoms with Crippen molar-refractivity contribution in [2.24, 2.45) is 15.9 Å². The molecule has 5 N–H and O–H groups in total. The number of hydrogen-bond acceptors (Lipinski definition) is 7. The Morgan fingerprint density at radius 2 is 1.83 bits per heavy atom. The lowest BCUT2D eigenvalue weighted by Gasteiger charge is -2.12. The number of aliphatic imine (C=N–C) groups is 1. The highest BCUT2D eigenvalue weighted by molar-refractivity contribution is 7.93. The lowest BCUT2D eigenvalue weighted by atomic mass is 10.1. The Bertz CT molecular complexity index is 1190. The number of para-hydroxylation sites is 1. The minimum Gasteiger partial charge on any atom is -0.481 e. The molecule has 11 heteroatoms. The summed E-state index contributed by atoms with van der Waals surface area (Å²) >= 11 is 0. The van der Waals surface area contributed by atoms with Crippen molar-refractivity contribution in [2.45, 2.75) is 9.79 Å². The van der Waals surface area contributed by atoms with Gasteiger partial charge in [-0.15, -0.1) is 0 Å². The van der Waals surface area contributed by atoms with Crippen LogP contribution in [0, 0.1) is 0 Å². The number of nitrogens with one attached hydrogen (secondary N) is 1. The van der Waals surface area contributed by atoms with Crippen LogP contribution in [0.5, 0.6) is 0 Å². The molecule has 0 bridgehead atoms. The van der Waals surface area contributed by atoms with Gasteiger partial charge in [0.05, 0.1) is 17.7 Å². The van der Waals surface area contributed by atoms with Crippen LogP contribution in [-0.4, -0.2) is 30.2 Å². The molecular formula is C18H20N4O5S2. The second-order valence-corrected chi connectivity index (χ2v) is 8.86. The summed E-state index contributed by atoms with van der Waals surface area (Å²) in [5.74, 6) is 0.148. The zero-order chi connectivity index (χ0) is 21.7. The fourth-order valence-corrected chi connectivity index (χ4v) is 4.14. The number of primary sulfonamides is 1. The summed E-state index contributed by atoms with van der Waals surface area (Å²) in [6, 6.07) is 11.3. The van der Waals surface area contributed by atoms with Gasteiger partial charge in [-0.1, -0.05) is 24.3 Å². The molecule has 9 nitrogen and oxygen atoms in total. The smallest absolute Gasteiger partial charge is 0.261 e. The number of methoxy groups -OCH3 is 1. The monoisotopic (exact) mass is 436 g/mol. The highest BCUT2D eigenvalue weighted by Gasteiger charge is 2.20. The molecule has 0 fully saturated rings. The summed E-state index contributed by atoms with van der Waals surface area (Å²) in [6.45, 7) is 3.55. The molecule has 2 aromatic rings. The number of ether oxygens (including phenoxy) is 1. The lowest BCUT2D eigenvalue weighted by molar-refractivity contribution is 0.291. The zero-order valence-corrected chi connectivity index (χ0v) is 17.1. The SMILES string of the molecule is C=C(/N=C\C(=C/N)c1cccc(S(=O)(=O)Nc2ccccc2S(N)(=O)=O)c1)OC. The van der Waals surface area contributed by atoms with E-state index in [9.17, 15) is 16.8 Å². The normalized spacial score (nSPS) is 12.7. The van der Waals surface area contributed by atoms with E-state index in [2.05, 4.69) is 16.3 Å². The number of anilines is 1. The standard InChI is InChI=1S/C18H20N4O5S2/c1-13(27-2)21-12-15(11-19)14-6-5-7-16(10-14)29(25,26)22-17-8-3-4-9-18(17)28(20,23)24/h3-12,22H,1,19H2,2H3,(H2,20,23,24)/b15-11+,21-12-. The Labute approximate surface area is 169 Å². The van der Waals surface area contributed by atoms with Crippen LogP contribution in [0.25, 0.3) is 5.57 Å². The maximum atomic E-state index is 12.8. The topological polar surface area (TPSA) is 154 Å². The molecule has 2 rings (SSSR count). The average Bonchev–Trinajstić information content (AvgIpc) is 2.67. The Kier molecular flexibility index (Phi) is 6.80. The van der Waals surface area contributed by atoms with Crippen molar-refractivity contribution >= 4 is 37.5 Å². The molecule has 0 atom stereocenters. The maximum Gasteiger partial charge on any atom is 0.261 e. The largest absolute Gasteiger partial charge is 0.481 e. The number of benzene rings is 2. The molecule has 0 aromatic heterocycles. The molecule has 0 amide bonds. The van der Waals surface area contributed by atoms with Gasteiger partial charge in [-0.2, -0.15) is 0 Å². The first kappa shape index (κ1) is 22.1. The summed E-state index contributed by atoms with van der Waals surface area (Å²) in [5.41, 5.74) is 6.34. The van der Waals surface area contributed by atoms with E-state index in [0.29, 0.717) is 11.1 Å². The van der Waals surface area contributed by atoms with Crippen LogP contribution >= 0.6 is 0 Å². The number of hydrogen-bond donors (Lipinski definition) is 3. The predicted molar refractivity (Wildman–Crippen MR) is 112 cm³/mol. The van der Waals surface area contributed by atoms with Crippen molar-refractivity contribution in [1.82, 2.24) is 0 Å². The Morgan fingerprint density at radius 1 is 1.14 bits per heavy atom. The van der Waals surface area contributed by atoms with Gasteiger partial charge >= 0.3 is 0 Å². The van der Waals surface area contributed by atoms with E-state index in [1.165, 1.54) is 62.0 Å². The van der Waals surface area contributed by atoms with Crippen molar-refractivity contribution in [3.05, 3.63) is 72.8 Å². The van der Waals surface area contributed by atoms with Gasteiger partial charge in [0, 0.05) is 18.0 Å². The van der Waals surface area contributed by atoms with Crippen molar-refractivity contribution < 1.29 is 21.6 Å². The number of rotatable bonds is 8. The molecule has 0 spiro atoms. The van der Waals surface area contributed by atoms with Gasteiger partial charge in [0.25, 0.3) is 10.0 Å². The zero-order valence-electron chi connectivity index (χ0n) is 15.4. The van der Waals surface area contributed by atoms with E-state index >= 15 is 0 Å². The van der Waals surface area contributed by atoms with Gasteiger partial charge in [-0.25, -0.2) is 27.0 Å². The third-order valence-corrected chi connectivity index (χ3v) is 6.01. The number of sulfonamides is 2. The number of allylic oxidation sites excluding steroid dienone is 1. The Hall–Kier alpha value is -3.15. The van der Waals surface area contributed by atoms with E-state index in [1.54, 1.807) is 6.07 Å². The first-order valence-electron chi connectivity index (χ1n) is 8.02. The second-order valence-electron chi connectivity index (χ2n) is 5.65. The summed E-state index contributed by atoms with van der Waals surface area (Å²) in [6.07, 6.45) is 2.63. The number of nitrogens with two attached hydrogens (primary N) is 2. The third kappa shape index (κ3) is 5.67. The van der Waals surface area contributed by atoms with Crippen LogP contribution in [0.1, 0.15) is 5.56 Å². The fraction of sp³-hybridized carbons (Fsp3) is 0.0556. The molecule has 0 saturated heterocycles. The highest BCUT2D eigenvalue weighted by atomic mass is 32.2. The summed E-state index contributed by atoms with van der Waals surface area (Å²) < 4.78 is 56.1. The number of nitrogens with zero attached hydrogens (tertiary/aromatic N) is 1. The van der Waals surface area contributed by atoms with Crippen LogP contribution in [0.2, 0.25) is 0 Å². The van der Waals surface area contributed by atoms with Crippen molar-refractivity contribution in [2.75, 3.05) is 11.8 Å². The Morgan fingerprint density at radius 3 is 2.45 bits per heavy atom. The molecule has 0 heterocycles. The summed E-state index contributed by atoms with van der Waals surface area (Å²) in [7, 11) is -6.84. The van der Waals surface area contributed by atoms with Crippen LogP contribution in [0.4, 0.5) is 5.69 Å². The van der Waals surface area contributed by atoms with Gasteiger partial charge in [0.15, 0.2) is 0 Å². The van der Waals surface area contributed by atoms with Crippen LogP contribution in [0.3, 0.4) is 0 Å². The molecule has 0 aliphatic rings. The quantitative estimate of drug-likeness (QED) is 0.422. The van der Waals surface area contributed by atoms with E-state index in [1.807, 2.05) is 0 Å². The average molecular weight is 437 g/mol. The molecule has 29 heavy (non-hydrogen) atoms. The van der Waals surface area contributed by atoms with Crippen LogP contribution in [-0.2, 0) is 24.8 Å². The predicted octanol–water partition coefficient (Wildman–Crippen LogP) is 1.62. The van der Waals surface area contributed by atoms with Crippen LogP contribution < -0.4 is 15.6 Å². The minimum atomic E-state index is -4.12. The highest BCUT2D eigenvalue weighted by Crippen LogP contribution is 2.24. The van der Waals surface area contributed by atoms with Crippen molar-refractivity contribution in [3.8, 4) is 0 Å². The van der Waals surface area contributed by atoms with Gasteiger partial charge in [-0.3, -0.25) is 4.72 Å². The van der Waals surface area contributed by atoms with E-state index < -0.39 is 20.0 Å². The van der Waals surface area contributed by atoms with E-state index in [4.69, 9.17) is 15.6 Å². The molecular weight excluding hydrogens is 416 g/mol. The van der Waals surface area contributed by atoms with Gasteiger partial charge in [0.1, 0.15) is 4.90 Å². The first-order chi connectivity index (χ1) is 13.6. The van der Waals surface area contributed by atoms with E-state index in [-0.39, 0.29) is 21.4 Å². The minimum absolute atomic E-state index is 0.113. The summed E-state index contributed by atoms with van der Waals surface area (Å²) in [4.78, 5) is 3.50. The molecule has 0 radical (unpaired) electrons. The molecule has 0 saturated carbocycles. The van der Waals surface area contributed by atoms with Gasteiger partial charge in [0.2, 0.25) is 15.9 Å². The molecule has 0 unspecified atom stereocenters. The second kappa shape index (κ2) is 8.90. The molecule has 154 valence electrons. The van der Waals surface area contributed by atoms with Crippen LogP contribution in [0.15, 0.2) is 82.0 Å². The van der Waals surface area contributed by atoms with Gasteiger partial charge < -0.3 is 10.5 Å². The molecule has 0 aliphatic carbocycles. The maximum absolute atomic E-state index is 12.8. The first-order valence-corrected chi connectivity index (χ1v) is 11.1. The van der Waals surface area contributed by atoms with Crippen molar-refractivity contribution in [3.63, 3.8) is 0 Å². The lowest BCUT2D eigenvalue weighted by Crippen LogP contribution is -2.18.